The van der Waals surface area contributed by atoms with Crippen LogP contribution in [0.25, 0.3) is 32.1 Å². The maximum atomic E-state index is 12.3. The summed E-state index contributed by atoms with van der Waals surface area (Å²) in [6.07, 6.45) is 0. The van der Waals surface area contributed by atoms with Crippen LogP contribution in [0.4, 0.5) is 0 Å². The number of hydrogen-bond acceptors (Lipinski definition) is 3. The zero-order chi connectivity index (χ0) is 18.3. The van der Waals surface area contributed by atoms with E-state index in [1.807, 2.05) is 11.4 Å². The van der Waals surface area contributed by atoms with E-state index in [1.54, 1.807) is 0 Å². The number of hydrogen-bond donors (Lipinski definition) is 2. The van der Waals surface area contributed by atoms with Gasteiger partial charge in [0.25, 0.3) is 5.56 Å². The van der Waals surface area contributed by atoms with E-state index in [2.05, 4.69) is 67.5 Å². The summed E-state index contributed by atoms with van der Waals surface area (Å²) in [4.78, 5) is 15.4. The Hall–Kier alpha value is -2.43. The fraction of sp³-hybridized carbons (Fsp3) is 0.227. The molecule has 0 fully saturated rings. The van der Waals surface area contributed by atoms with E-state index in [4.69, 9.17) is 0 Å². The number of aromatic amines is 1. The number of pyridine rings is 1. The van der Waals surface area contributed by atoms with E-state index in [9.17, 15) is 4.79 Å². The molecule has 0 aliphatic carbocycles. The molecule has 0 saturated carbocycles. The van der Waals surface area contributed by atoms with Gasteiger partial charge in [0.1, 0.15) is 4.70 Å². The molecule has 2 N–H and O–H groups in total. The molecule has 4 rings (SSSR count). The first-order chi connectivity index (χ1) is 12.5. The standard InChI is InChI=1S/C22H22N2OS/c1-13(2)23-12-15-5-7-16(8-6-15)19-14(3)4-9-18-20(19)17-10-11-26-21(17)22(25)24-18/h4-11,13,23H,12H2,1-3H3,(H,24,25). The molecule has 0 atom stereocenters. The van der Waals surface area contributed by atoms with Gasteiger partial charge in [0.15, 0.2) is 0 Å². The normalized spacial score (nSPS) is 11.7. The third-order valence-corrected chi connectivity index (χ3v) is 5.67. The highest BCUT2D eigenvalue weighted by Crippen LogP contribution is 2.36. The van der Waals surface area contributed by atoms with Gasteiger partial charge in [0.2, 0.25) is 0 Å². The highest BCUT2D eigenvalue weighted by atomic mass is 32.1. The van der Waals surface area contributed by atoms with Crippen molar-refractivity contribution in [2.45, 2.75) is 33.4 Å². The van der Waals surface area contributed by atoms with Crippen LogP contribution in [0.2, 0.25) is 0 Å². The largest absolute Gasteiger partial charge is 0.321 e. The van der Waals surface area contributed by atoms with Gasteiger partial charge in [-0.25, -0.2) is 0 Å². The van der Waals surface area contributed by atoms with Gasteiger partial charge in [-0.1, -0.05) is 44.2 Å². The Bertz CT molecular complexity index is 1140. The Labute approximate surface area is 156 Å². The highest BCUT2D eigenvalue weighted by Gasteiger charge is 2.13. The van der Waals surface area contributed by atoms with Crippen molar-refractivity contribution < 1.29 is 0 Å². The lowest BCUT2D eigenvalue weighted by atomic mass is 9.93. The summed E-state index contributed by atoms with van der Waals surface area (Å²) < 4.78 is 0.794. The highest BCUT2D eigenvalue weighted by molar-refractivity contribution is 7.17. The van der Waals surface area contributed by atoms with Crippen molar-refractivity contribution in [3.63, 3.8) is 0 Å². The summed E-state index contributed by atoms with van der Waals surface area (Å²) in [5.74, 6) is 0. The molecule has 2 aromatic carbocycles. The first-order valence-corrected chi connectivity index (χ1v) is 9.78. The molecule has 132 valence electrons. The number of nitrogens with one attached hydrogen (secondary N) is 2. The van der Waals surface area contributed by atoms with Gasteiger partial charge >= 0.3 is 0 Å². The van der Waals surface area contributed by atoms with E-state index in [0.717, 1.165) is 27.5 Å². The van der Waals surface area contributed by atoms with Crippen molar-refractivity contribution in [3.8, 4) is 11.1 Å². The van der Waals surface area contributed by atoms with Gasteiger partial charge in [-0.05, 0) is 46.7 Å². The van der Waals surface area contributed by atoms with Crippen molar-refractivity contribution in [2.75, 3.05) is 0 Å². The maximum absolute atomic E-state index is 12.3. The average molecular weight is 362 g/mol. The van der Waals surface area contributed by atoms with Crippen molar-refractivity contribution in [1.29, 1.82) is 0 Å². The summed E-state index contributed by atoms with van der Waals surface area (Å²) in [5, 5.41) is 7.62. The summed E-state index contributed by atoms with van der Waals surface area (Å²) in [6, 6.07) is 15.3. The van der Waals surface area contributed by atoms with Crippen LogP contribution in [-0.4, -0.2) is 11.0 Å². The molecule has 0 bridgehead atoms. The van der Waals surface area contributed by atoms with Crippen LogP contribution in [0.5, 0.6) is 0 Å². The SMILES string of the molecule is Cc1ccc2[nH]c(=O)c3sccc3c2c1-c1ccc(CNC(C)C)cc1. The minimum atomic E-state index is -0.00703. The Balaban J connectivity index is 1.89. The monoisotopic (exact) mass is 362 g/mol. The van der Waals surface area contributed by atoms with Gasteiger partial charge in [-0.2, -0.15) is 0 Å². The zero-order valence-electron chi connectivity index (χ0n) is 15.2. The van der Waals surface area contributed by atoms with E-state index in [0.29, 0.717) is 6.04 Å². The summed E-state index contributed by atoms with van der Waals surface area (Å²) in [5.41, 5.74) is 5.76. The molecule has 4 heteroatoms. The lowest BCUT2D eigenvalue weighted by Crippen LogP contribution is -2.21. The van der Waals surface area contributed by atoms with Crippen LogP contribution in [-0.2, 0) is 6.54 Å². The smallest absolute Gasteiger partial charge is 0.266 e. The zero-order valence-corrected chi connectivity index (χ0v) is 16.0. The number of rotatable bonds is 4. The van der Waals surface area contributed by atoms with Gasteiger partial charge < -0.3 is 10.3 Å². The van der Waals surface area contributed by atoms with Crippen LogP contribution < -0.4 is 10.9 Å². The molecule has 0 radical (unpaired) electrons. The fourth-order valence-electron chi connectivity index (χ4n) is 3.44. The van der Waals surface area contributed by atoms with E-state index < -0.39 is 0 Å². The quantitative estimate of drug-likeness (QED) is 0.523. The van der Waals surface area contributed by atoms with Crippen molar-refractivity contribution >= 4 is 32.3 Å². The van der Waals surface area contributed by atoms with E-state index in [1.165, 1.54) is 33.6 Å². The number of benzene rings is 2. The first kappa shape index (κ1) is 17.0. The molecule has 2 heterocycles. The molecule has 0 aliphatic rings. The summed E-state index contributed by atoms with van der Waals surface area (Å²) in [6.45, 7) is 7.31. The second kappa shape index (κ2) is 6.71. The molecule has 26 heavy (non-hydrogen) atoms. The topological polar surface area (TPSA) is 44.9 Å². The molecule has 3 nitrogen and oxygen atoms in total. The van der Waals surface area contributed by atoms with Gasteiger partial charge in [0.05, 0.1) is 0 Å². The van der Waals surface area contributed by atoms with Gasteiger partial charge in [-0.15, -0.1) is 11.3 Å². The predicted octanol–water partition coefficient (Wildman–Crippen LogP) is 5.22. The fourth-order valence-corrected chi connectivity index (χ4v) is 4.23. The molecule has 0 amide bonds. The van der Waals surface area contributed by atoms with E-state index >= 15 is 0 Å². The molecule has 0 saturated heterocycles. The molecule has 0 aliphatic heterocycles. The molecule has 0 unspecified atom stereocenters. The lowest BCUT2D eigenvalue weighted by molar-refractivity contribution is 0.589. The minimum absolute atomic E-state index is 0.00703. The Morgan fingerprint density at radius 3 is 2.58 bits per heavy atom. The molecule has 0 spiro atoms. The minimum Gasteiger partial charge on any atom is -0.321 e. The summed E-state index contributed by atoms with van der Waals surface area (Å²) in [7, 11) is 0. The van der Waals surface area contributed by atoms with Crippen molar-refractivity contribution in [3.05, 3.63) is 69.3 Å². The summed E-state index contributed by atoms with van der Waals surface area (Å²) >= 11 is 1.50. The van der Waals surface area contributed by atoms with Crippen LogP contribution in [0, 0.1) is 6.92 Å². The van der Waals surface area contributed by atoms with Gasteiger partial charge in [0, 0.05) is 28.9 Å². The van der Waals surface area contributed by atoms with Crippen LogP contribution in [0.15, 0.2) is 52.6 Å². The number of H-pyrrole nitrogens is 1. The molecular weight excluding hydrogens is 340 g/mol. The number of aromatic nitrogens is 1. The second-order valence-electron chi connectivity index (χ2n) is 7.03. The van der Waals surface area contributed by atoms with E-state index in [-0.39, 0.29) is 5.56 Å². The lowest BCUT2D eigenvalue weighted by Gasteiger charge is -2.13. The molecule has 4 aromatic rings. The van der Waals surface area contributed by atoms with Crippen molar-refractivity contribution in [2.24, 2.45) is 0 Å². The third-order valence-electron chi connectivity index (χ3n) is 4.76. The van der Waals surface area contributed by atoms with Crippen LogP contribution in [0.3, 0.4) is 0 Å². The second-order valence-corrected chi connectivity index (χ2v) is 7.95. The average Bonchev–Trinajstić information content (AvgIpc) is 3.12. The Kier molecular flexibility index (Phi) is 4.39. The molecular formula is C22H22N2OS. The Morgan fingerprint density at radius 2 is 1.85 bits per heavy atom. The Morgan fingerprint density at radius 1 is 1.08 bits per heavy atom. The molecule has 2 aromatic heterocycles. The number of fused-ring (bicyclic) bond motifs is 3. The first-order valence-electron chi connectivity index (χ1n) is 8.90. The van der Waals surface area contributed by atoms with Gasteiger partial charge in [-0.3, -0.25) is 4.79 Å². The van der Waals surface area contributed by atoms with Crippen molar-refractivity contribution in [1.82, 2.24) is 10.3 Å². The predicted molar refractivity (Wildman–Crippen MR) is 112 cm³/mol. The maximum Gasteiger partial charge on any atom is 0.266 e. The van der Waals surface area contributed by atoms with Crippen LogP contribution >= 0.6 is 11.3 Å². The number of thiophene rings is 1. The third kappa shape index (κ3) is 2.96. The number of aryl methyl sites for hydroxylation is 1. The van der Waals surface area contributed by atoms with Crippen LogP contribution in [0.1, 0.15) is 25.0 Å².